The number of hydrogen-bond donors (Lipinski definition) is 2. The fourth-order valence-corrected chi connectivity index (χ4v) is 5.15. The lowest BCUT2D eigenvalue weighted by molar-refractivity contribution is -0.157. The van der Waals surface area contributed by atoms with Crippen LogP contribution in [0, 0.1) is 19.7 Å². The van der Waals surface area contributed by atoms with Gasteiger partial charge in [-0.3, -0.25) is 9.59 Å². The lowest BCUT2D eigenvalue weighted by atomic mass is 9.88. The van der Waals surface area contributed by atoms with Crippen LogP contribution in [-0.2, 0) is 19.6 Å². The molecule has 2 N–H and O–H groups in total. The van der Waals surface area contributed by atoms with Gasteiger partial charge in [0.15, 0.2) is 0 Å². The normalized spacial score (nSPS) is 13.8. The average molecular weight is 513 g/mol. The van der Waals surface area contributed by atoms with Crippen LogP contribution < -0.4 is 10.0 Å². The molecule has 10 heteroatoms. The van der Waals surface area contributed by atoms with Gasteiger partial charge in [0.1, 0.15) is 17.5 Å². The third-order valence-electron chi connectivity index (χ3n) is 5.33. The van der Waals surface area contributed by atoms with Crippen LogP contribution in [0.25, 0.3) is 0 Å². The van der Waals surface area contributed by atoms with Crippen LogP contribution in [0.4, 0.5) is 4.39 Å². The Kier molecular flexibility index (Phi) is 8.50. The summed E-state index contributed by atoms with van der Waals surface area (Å²) >= 11 is 5.97. The van der Waals surface area contributed by atoms with Crippen LogP contribution in [0.1, 0.15) is 60.7 Å². The van der Waals surface area contributed by atoms with Gasteiger partial charge in [0, 0.05) is 18.0 Å². The maximum atomic E-state index is 14.9. The number of nitrogens with one attached hydrogen (secondary N) is 2. The van der Waals surface area contributed by atoms with Crippen molar-refractivity contribution in [3.63, 3.8) is 0 Å². The molecule has 0 radical (unpaired) electrons. The summed E-state index contributed by atoms with van der Waals surface area (Å²) in [6.07, 6.45) is 0. The van der Waals surface area contributed by atoms with E-state index in [0.29, 0.717) is 5.56 Å². The maximum Gasteiger partial charge on any atom is 0.325 e. The predicted octanol–water partition coefficient (Wildman–Crippen LogP) is 4.25. The summed E-state index contributed by atoms with van der Waals surface area (Å²) in [6, 6.07) is 5.11. The molecular formula is C24H30ClFN2O5S. The molecule has 0 heterocycles. The van der Waals surface area contributed by atoms with Gasteiger partial charge in [0.2, 0.25) is 10.0 Å². The van der Waals surface area contributed by atoms with E-state index in [1.807, 2.05) is 0 Å². The summed E-state index contributed by atoms with van der Waals surface area (Å²) in [5.41, 5.74) is 0.456. The van der Waals surface area contributed by atoms with Crippen molar-refractivity contribution in [1.82, 2.24) is 10.0 Å². The van der Waals surface area contributed by atoms with Crippen molar-refractivity contribution in [1.29, 1.82) is 0 Å². The summed E-state index contributed by atoms with van der Waals surface area (Å²) in [4.78, 5) is 25.1. The molecule has 1 unspecified atom stereocenters. The first kappa shape index (κ1) is 27.8. The van der Waals surface area contributed by atoms with Crippen molar-refractivity contribution in [2.45, 2.75) is 64.0 Å². The van der Waals surface area contributed by atoms with E-state index in [1.165, 1.54) is 31.3 Å². The van der Waals surface area contributed by atoms with Gasteiger partial charge in [0.05, 0.1) is 10.5 Å². The quantitative estimate of drug-likeness (QED) is 0.540. The number of benzene rings is 2. The Hall–Kier alpha value is -2.49. The smallest absolute Gasteiger partial charge is 0.325 e. The number of sulfonamides is 1. The van der Waals surface area contributed by atoms with E-state index in [4.69, 9.17) is 16.3 Å². The van der Waals surface area contributed by atoms with Gasteiger partial charge in [0.25, 0.3) is 5.91 Å². The molecule has 0 aromatic heterocycles. The third kappa shape index (κ3) is 6.34. The number of aryl methyl sites for hydroxylation is 1. The molecule has 2 atom stereocenters. The van der Waals surface area contributed by atoms with Crippen molar-refractivity contribution in [3.05, 3.63) is 63.4 Å². The van der Waals surface area contributed by atoms with E-state index < -0.39 is 45.3 Å². The van der Waals surface area contributed by atoms with E-state index in [1.54, 1.807) is 47.6 Å². The minimum absolute atomic E-state index is 0.159. The van der Waals surface area contributed by atoms with Crippen LogP contribution in [0.15, 0.2) is 35.2 Å². The number of rotatable bonds is 7. The van der Waals surface area contributed by atoms with Gasteiger partial charge in [-0.2, -0.15) is 4.72 Å². The highest BCUT2D eigenvalue weighted by Gasteiger charge is 2.37. The second-order valence-electron chi connectivity index (χ2n) is 9.04. The van der Waals surface area contributed by atoms with Crippen molar-refractivity contribution in [2.24, 2.45) is 0 Å². The summed E-state index contributed by atoms with van der Waals surface area (Å²) in [5, 5.41) is 2.53. The average Bonchev–Trinajstić information content (AvgIpc) is 2.72. The summed E-state index contributed by atoms with van der Waals surface area (Å²) in [7, 11) is -3.10. The SMILES string of the molecule is CNC(=O)c1cc(Cl)ccc1S(=O)(=O)N[C@H](C(=O)OC(C)(C)C)C(C)c1c(F)ccc(C)c1C. The molecule has 0 aliphatic heterocycles. The zero-order valence-corrected chi connectivity index (χ0v) is 21.8. The topological polar surface area (TPSA) is 102 Å². The zero-order valence-electron chi connectivity index (χ0n) is 20.2. The number of carbonyl (C=O) groups excluding carboxylic acids is 2. The molecule has 2 rings (SSSR count). The molecule has 0 aliphatic carbocycles. The second-order valence-corrected chi connectivity index (χ2v) is 11.2. The highest BCUT2D eigenvalue weighted by atomic mass is 35.5. The molecule has 0 spiro atoms. The number of halogens is 2. The van der Waals surface area contributed by atoms with E-state index in [0.717, 1.165) is 5.56 Å². The lowest BCUT2D eigenvalue weighted by Gasteiger charge is -2.29. The summed E-state index contributed by atoms with van der Waals surface area (Å²) in [6.45, 7) is 9.96. The number of amides is 1. The standard InChI is InChI=1S/C24H30ClFN2O5S/c1-13-8-10-18(26)20(14(13)2)15(3)21(23(30)33-24(4,5)6)28-34(31,32)19-11-9-16(25)12-17(19)22(29)27-7/h8-12,15,21,28H,1-7H3,(H,27,29)/t15?,21-/m0/s1. The molecule has 2 aromatic carbocycles. The Morgan fingerprint density at radius 1 is 1.12 bits per heavy atom. The molecule has 7 nitrogen and oxygen atoms in total. The second kappa shape index (κ2) is 10.4. The maximum absolute atomic E-state index is 14.9. The zero-order chi connectivity index (χ0) is 26.0. The predicted molar refractivity (Wildman–Crippen MR) is 129 cm³/mol. The number of esters is 1. The van der Waals surface area contributed by atoms with Gasteiger partial charge in [-0.15, -0.1) is 0 Å². The fraction of sp³-hybridized carbons (Fsp3) is 0.417. The fourth-order valence-electron chi connectivity index (χ4n) is 3.53. The Balaban J connectivity index is 2.63. The largest absolute Gasteiger partial charge is 0.459 e. The monoisotopic (exact) mass is 512 g/mol. The van der Waals surface area contributed by atoms with Crippen LogP contribution >= 0.6 is 11.6 Å². The highest BCUT2D eigenvalue weighted by Crippen LogP contribution is 2.30. The minimum atomic E-state index is -4.44. The molecule has 0 fully saturated rings. The minimum Gasteiger partial charge on any atom is -0.459 e. The van der Waals surface area contributed by atoms with Crippen molar-refractivity contribution < 1.29 is 27.1 Å². The van der Waals surface area contributed by atoms with Crippen LogP contribution in [0.3, 0.4) is 0 Å². The molecule has 0 saturated heterocycles. The number of ether oxygens (including phenoxy) is 1. The van der Waals surface area contributed by atoms with Gasteiger partial charge >= 0.3 is 5.97 Å². The Labute approximate surface area is 205 Å². The van der Waals surface area contributed by atoms with Crippen molar-refractivity contribution >= 4 is 33.5 Å². The molecular weight excluding hydrogens is 483 g/mol. The first-order valence-electron chi connectivity index (χ1n) is 10.6. The molecule has 2 aromatic rings. The Bertz CT molecular complexity index is 1210. The van der Waals surface area contributed by atoms with Crippen LogP contribution in [0.2, 0.25) is 5.02 Å². The van der Waals surface area contributed by atoms with E-state index >= 15 is 0 Å². The van der Waals surface area contributed by atoms with E-state index in [9.17, 15) is 22.4 Å². The van der Waals surface area contributed by atoms with E-state index in [-0.39, 0.29) is 21.0 Å². The molecule has 0 aliphatic rings. The molecule has 34 heavy (non-hydrogen) atoms. The number of hydrogen-bond acceptors (Lipinski definition) is 5. The van der Waals surface area contributed by atoms with Gasteiger partial charge in [-0.05, 0) is 75.6 Å². The lowest BCUT2D eigenvalue weighted by Crippen LogP contribution is -2.47. The highest BCUT2D eigenvalue weighted by molar-refractivity contribution is 7.89. The van der Waals surface area contributed by atoms with Crippen molar-refractivity contribution in [3.8, 4) is 0 Å². The van der Waals surface area contributed by atoms with Gasteiger partial charge < -0.3 is 10.1 Å². The third-order valence-corrected chi connectivity index (χ3v) is 7.07. The van der Waals surface area contributed by atoms with Crippen molar-refractivity contribution in [2.75, 3.05) is 7.05 Å². The molecule has 0 saturated carbocycles. The van der Waals surface area contributed by atoms with Gasteiger partial charge in [-0.25, -0.2) is 12.8 Å². The Morgan fingerprint density at radius 3 is 2.29 bits per heavy atom. The van der Waals surface area contributed by atoms with Crippen LogP contribution in [-0.4, -0.2) is 39.0 Å². The van der Waals surface area contributed by atoms with Crippen LogP contribution in [0.5, 0.6) is 0 Å². The van der Waals surface area contributed by atoms with E-state index in [2.05, 4.69) is 10.0 Å². The Morgan fingerprint density at radius 2 is 1.74 bits per heavy atom. The summed E-state index contributed by atoms with van der Waals surface area (Å²) < 4.78 is 49.5. The first-order valence-corrected chi connectivity index (χ1v) is 12.5. The molecule has 0 bridgehead atoms. The first-order chi connectivity index (χ1) is 15.6. The number of carbonyl (C=O) groups is 2. The molecule has 186 valence electrons. The summed E-state index contributed by atoms with van der Waals surface area (Å²) in [5.74, 6) is -3.05. The van der Waals surface area contributed by atoms with Gasteiger partial charge in [-0.1, -0.05) is 24.6 Å². The molecule has 1 amide bonds.